The number of nitriles is 1. The number of rotatable bonds is 2. The van der Waals surface area contributed by atoms with Gasteiger partial charge in [-0.05, 0) is 6.07 Å². The van der Waals surface area contributed by atoms with Crippen LogP contribution in [0.4, 0.5) is 8.78 Å². The lowest BCUT2D eigenvalue weighted by molar-refractivity contribution is 0.146. The lowest BCUT2D eigenvalue weighted by atomic mass is 10.1. The second kappa shape index (κ2) is 3.98. The number of aliphatic hydroxyl groups is 1. The first kappa shape index (κ1) is 10.3. The number of alkyl halides is 2. The van der Waals surface area contributed by atoms with Crippen LogP contribution in [0.15, 0.2) is 6.07 Å². The van der Waals surface area contributed by atoms with E-state index in [2.05, 4.69) is 4.98 Å². The number of pyridine rings is 1. The molecule has 0 spiro atoms. The van der Waals surface area contributed by atoms with Crippen molar-refractivity contribution in [3.8, 4) is 11.8 Å². The molecule has 6 heteroatoms. The smallest absolute Gasteiger partial charge is 0.267 e. The number of aliphatic hydroxyl groups excluding tert-OH is 1. The summed E-state index contributed by atoms with van der Waals surface area (Å²) in [6.07, 6.45) is -2.91. The zero-order chi connectivity index (χ0) is 10.7. The second-order valence-corrected chi connectivity index (χ2v) is 2.46. The monoisotopic (exact) mass is 200 g/mol. The van der Waals surface area contributed by atoms with Crippen LogP contribution in [0.1, 0.15) is 23.4 Å². The molecule has 1 aromatic heterocycles. The highest BCUT2D eigenvalue weighted by Crippen LogP contribution is 2.30. The summed E-state index contributed by atoms with van der Waals surface area (Å²) in [6.45, 7) is -0.693. The van der Waals surface area contributed by atoms with Gasteiger partial charge in [-0.3, -0.25) is 0 Å². The van der Waals surface area contributed by atoms with Crippen molar-refractivity contribution in [1.82, 2.24) is 4.98 Å². The Bertz CT molecular complexity index is 388. The Hall–Kier alpha value is -1.74. The molecule has 0 atom stereocenters. The number of aromatic hydroxyl groups is 1. The summed E-state index contributed by atoms with van der Waals surface area (Å²) in [5.74, 6) is -0.762. The van der Waals surface area contributed by atoms with E-state index >= 15 is 0 Å². The van der Waals surface area contributed by atoms with E-state index in [0.29, 0.717) is 0 Å². The molecule has 0 unspecified atom stereocenters. The van der Waals surface area contributed by atoms with Crippen molar-refractivity contribution in [2.24, 2.45) is 0 Å². The van der Waals surface area contributed by atoms with Crippen molar-refractivity contribution in [2.75, 3.05) is 0 Å². The Morgan fingerprint density at radius 3 is 2.64 bits per heavy atom. The van der Waals surface area contributed by atoms with Crippen molar-refractivity contribution in [3.63, 3.8) is 0 Å². The molecule has 0 aliphatic heterocycles. The number of hydrogen-bond acceptors (Lipinski definition) is 4. The fourth-order valence-corrected chi connectivity index (χ4v) is 0.947. The first-order valence-corrected chi connectivity index (χ1v) is 3.62. The number of aromatic nitrogens is 1. The topological polar surface area (TPSA) is 77.1 Å². The van der Waals surface area contributed by atoms with Crippen molar-refractivity contribution in [3.05, 3.63) is 23.0 Å². The summed E-state index contributed by atoms with van der Waals surface area (Å²) in [7, 11) is 0. The zero-order valence-corrected chi connectivity index (χ0v) is 6.91. The van der Waals surface area contributed by atoms with Gasteiger partial charge in [0.2, 0.25) is 0 Å². The summed E-state index contributed by atoms with van der Waals surface area (Å²) >= 11 is 0. The van der Waals surface area contributed by atoms with Crippen molar-refractivity contribution in [2.45, 2.75) is 13.0 Å². The van der Waals surface area contributed by atoms with E-state index in [0.717, 1.165) is 6.07 Å². The van der Waals surface area contributed by atoms with Gasteiger partial charge in [-0.15, -0.1) is 0 Å². The molecule has 4 nitrogen and oxygen atoms in total. The maximum Gasteiger partial charge on any atom is 0.267 e. The molecule has 0 saturated heterocycles. The Morgan fingerprint density at radius 1 is 1.57 bits per heavy atom. The van der Waals surface area contributed by atoms with E-state index in [4.69, 9.17) is 15.5 Å². The lowest BCUT2D eigenvalue weighted by Gasteiger charge is -2.06. The van der Waals surface area contributed by atoms with Gasteiger partial charge in [0.05, 0.1) is 12.2 Å². The van der Waals surface area contributed by atoms with Crippen LogP contribution in [0.2, 0.25) is 0 Å². The first-order chi connectivity index (χ1) is 6.60. The van der Waals surface area contributed by atoms with Crippen LogP contribution in [0.25, 0.3) is 0 Å². The predicted molar refractivity (Wildman–Crippen MR) is 41.5 cm³/mol. The molecule has 1 aromatic rings. The van der Waals surface area contributed by atoms with Crippen molar-refractivity contribution < 1.29 is 19.0 Å². The standard InChI is InChI=1S/C8H6F2N2O2/c9-8(10)5-1-4(2-11)12-6(3-13)7(5)14/h1,8,13-14H,3H2. The van der Waals surface area contributed by atoms with Crippen LogP contribution in [0.5, 0.6) is 5.75 Å². The van der Waals surface area contributed by atoms with Gasteiger partial charge in [0.15, 0.2) is 0 Å². The maximum absolute atomic E-state index is 12.3. The van der Waals surface area contributed by atoms with E-state index in [9.17, 15) is 8.78 Å². The quantitative estimate of drug-likeness (QED) is 0.749. The third-order valence-electron chi connectivity index (χ3n) is 1.59. The van der Waals surface area contributed by atoms with Gasteiger partial charge in [0.25, 0.3) is 6.43 Å². The van der Waals surface area contributed by atoms with Gasteiger partial charge in [-0.2, -0.15) is 5.26 Å². The Balaban J connectivity index is 3.36. The summed E-state index contributed by atoms with van der Waals surface area (Å²) in [5.41, 5.74) is -1.28. The van der Waals surface area contributed by atoms with Crippen molar-refractivity contribution >= 4 is 0 Å². The largest absolute Gasteiger partial charge is 0.505 e. The second-order valence-electron chi connectivity index (χ2n) is 2.46. The number of hydrogen-bond donors (Lipinski definition) is 2. The van der Waals surface area contributed by atoms with Gasteiger partial charge in [-0.25, -0.2) is 13.8 Å². The molecule has 1 heterocycles. The van der Waals surface area contributed by atoms with Crippen molar-refractivity contribution in [1.29, 1.82) is 5.26 Å². The number of nitrogens with zero attached hydrogens (tertiary/aromatic N) is 2. The minimum atomic E-state index is -2.91. The highest BCUT2D eigenvalue weighted by molar-refractivity contribution is 5.41. The summed E-state index contributed by atoms with van der Waals surface area (Å²) in [5, 5.41) is 26.3. The van der Waals surface area contributed by atoms with Crippen LogP contribution in [0, 0.1) is 11.3 Å². The Morgan fingerprint density at radius 2 is 2.21 bits per heavy atom. The Kier molecular flexibility index (Phi) is 2.94. The van der Waals surface area contributed by atoms with Crippen LogP contribution in [0.3, 0.4) is 0 Å². The minimum Gasteiger partial charge on any atom is -0.505 e. The third-order valence-corrected chi connectivity index (χ3v) is 1.59. The maximum atomic E-state index is 12.3. The van der Waals surface area contributed by atoms with E-state index in [1.54, 1.807) is 6.07 Å². The molecule has 0 amide bonds. The zero-order valence-electron chi connectivity index (χ0n) is 6.91. The Labute approximate surface area is 78.1 Å². The molecule has 0 aliphatic carbocycles. The van der Waals surface area contributed by atoms with Gasteiger partial charge in [-0.1, -0.05) is 0 Å². The molecule has 14 heavy (non-hydrogen) atoms. The van der Waals surface area contributed by atoms with Gasteiger partial charge in [0.1, 0.15) is 23.2 Å². The van der Waals surface area contributed by atoms with Gasteiger partial charge < -0.3 is 10.2 Å². The summed E-state index contributed by atoms with van der Waals surface area (Å²) < 4.78 is 24.6. The molecule has 1 rings (SSSR count). The average molecular weight is 200 g/mol. The summed E-state index contributed by atoms with van der Waals surface area (Å²) in [4.78, 5) is 3.46. The molecule has 0 radical (unpaired) electrons. The third kappa shape index (κ3) is 1.78. The SMILES string of the molecule is N#Cc1cc(C(F)F)c(O)c(CO)n1. The van der Waals surface area contributed by atoms with Crippen LogP contribution < -0.4 is 0 Å². The average Bonchev–Trinajstić information content (AvgIpc) is 2.17. The first-order valence-electron chi connectivity index (χ1n) is 3.62. The highest BCUT2D eigenvalue weighted by atomic mass is 19.3. The molecule has 0 aromatic carbocycles. The van der Waals surface area contributed by atoms with E-state index in [1.165, 1.54) is 0 Å². The van der Waals surface area contributed by atoms with E-state index in [-0.39, 0.29) is 11.4 Å². The normalized spacial score (nSPS) is 10.2. The van der Waals surface area contributed by atoms with Crippen LogP contribution in [-0.4, -0.2) is 15.2 Å². The van der Waals surface area contributed by atoms with E-state index in [1.807, 2.05) is 0 Å². The molecule has 0 bridgehead atoms. The highest BCUT2D eigenvalue weighted by Gasteiger charge is 2.18. The lowest BCUT2D eigenvalue weighted by Crippen LogP contribution is -1.98. The molecule has 74 valence electrons. The summed E-state index contributed by atoms with van der Waals surface area (Å²) in [6, 6.07) is 2.35. The molecule has 0 fully saturated rings. The van der Waals surface area contributed by atoms with E-state index < -0.39 is 24.3 Å². The molecule has 0 saturated carbocycles. The molecular formula is C8H6F2N2O2. The van der Waals surface area contributed by atoms with Gasteiger partial charge >= 0.3 is 0 Å². The van der Waals surface area contributed by atoms with Crippen LogP contribution in [-0.2, 0) is 6.61 Å². The predicted octanol–water partition coefficient (Wildman–Crippen LogP) is 1.09. The van der Waals surface area contributed by atoms with Crippen LogP contribution >= 0.6 is 0 Å². The molecule has 2 N–H and O–H groups in total. The van der Waals surface area contributed by atoms with Gasteiger partial charge in [0, 0.05) is 0 Å². The minimum absolute atomic E-state index is 0.262. The fourth-order valence-electron chi connectivity index (χ4n) is 0.947. The molecular weight excluding hydrogens is 194 g/mol. The molecule has 0 aliphatic rings. The fraction of sp³-hybridized carbons (Fsp3) is 0.250. The number of halogens is 2.